The van der Waals surface area contributed by atoms with Gasteiger partial charge in [-0.3, -0.25) is 24.4 Å². The van der Waals surface area contributed by atoms with Gasteiger partial charge in [0.1, 0.15) is 29.9 Å². The number of imidazole rings is 1. The number of nitrogens with zero attached hydrogens (tertiary/aromatic N) is 7. The Balaban J connectivity index is 1.06. The molecule has 4 aromatic carbocycles. The zero-order chi connectivity index (χ0) is 35.3. The minimum absolute atomic E-state index is 0.0363. The summed E-state index contributed by atoms with van der Waals surface area (Å²) in [6, 6.07) is 25.7. The van der Waals surface area contributed by atoms with Crippen molar-refractivity contribution in [2.24, 2.45) is 0 Å². The smallest absolute Gasteiger partial charge is 0.269 e. The molecule has 2 unspecified atom stereocenters. The highest BCUT2D eigenvalue weighted by Crippen LogP contribution is 2.32. The van der Waals surface area contributed by atoms with E-state index >= 15 is 0 Å². The Hall–Kier alpha value is -6.44. The molecule has 2 amide bonds. The largest absolute Gasteiger partial charge is 0.487 e. The van der Waals surface area contributed by atoms with Gasteiger partial charge >= 0.3 is 0 Å². The molecule has 0 saturated carbocycles. The monoisotopic (exact) mass is 688 g/mol. The Morgan fingerprint density at radius 1 is 1.00 bits per heavy atom. The van der Waals surface area contributed by atoms with Crippen LogP contribution in [0.3, 0.4) is 0 Å². The lowest BCUT2D eigenvalue weighted by Gasteiger charge is -2.37. The molecule has 1 aliphatic heterocycles. The highest BCUT2D eigenvalue weighted by molar-refractivity contribution is 5.90. The summed E-state index contributed by atoms with van der Waals surface area (Å²) in [5.41, 5.74) is 4.66. The van der Waals surface area contributed by atoms with Gasteiger partial charge in [0.25, 0.3) is 5.69 Å². The minimum Gasteiger partial charge on any atom is -0.487 e. The van der Waals surface area contributed by atoms with Crippen LogP contribution in [-0.2, 0) is 35.7 Å². The van der Waals surface area contributed by atoms with Crippen LogP contribution in [-0.4, -0.2) is 52.7 Å². The van der Waals surface area contributed by atoms with Gasteiger partial charge in [-0.25, -0.2) is 9.37 Å². The SMILES string of the molecule is O=C(NC(Cn1cnc2ccccc21)c1ccc(F)cc1)C1c2ccccc2CCN1C(=O)CCn1cc(COc2ccc([N+](=O)[O-])cc2)nn1. The lowest BCUT2D eigenvalue weighted by atomic mass is 9.91. The number of carbonyl (C=O) groups excluding carboxylic acids is 2. The number of benzene rings is 4. The number of ether oxygens (including phenoxy) is 1. The van der Waals surface area contributed by atoms with E-state index in [-0.39, 0.29) is 42.9 Å². The molecule has 51 heavy (non-hydrogen) atoms. The molecule has 6 aromatic rings. The second-order valence-corrected chi connectivity index (χ2v) is 12.2. The summed E-state index contributed by atoms with van der Waals surface area (Å²) in [5.74, 6) is -0.505. The predicted molar refractivity (Wildman–Crippen MR) is 184 cm³/mol. The van der Waals surface area contributed by atoms with Gasteiger partial charge in [0.15, 0.2) is 0 Å². The Labute approximate surface area is 291 Å². The summed E-state index contributed by atoms with van der Waals surface area (Å²) in [6.07, 6.45) is 4.06. The van der Waals surface area contributed by atoms with E-state index in [2.05, 4.69) is 20.6 Å². The van der Waals surface area contributed by atoms with Gasteiger partial charge in [0.05, 0.1) is 41.1 Å². The molecule has 0 fully saturated rings. The number of nitro groups is 1. The normalized spacial score (nSPS) is 14.5. The third-order valence-electron chi connectivity index (χ3n) is 8.92. The average molecular weight is 689 g/mol. The number of rotatable bonds is 12. The van der Waals surface area contributed by atoms with E-state index in [1.165, 1.54) is 36.4 Å². The number of nitrogens with one attached hydrogen (secondary N) is 1. The van der Waals surface area contributed by atoms with E-state index in [1.807, 2.05) is 53.1 Å². The molecule has 0 aliphatic carbocycles. The van der Waals surface area contributed by atoms with E-state index in [0.29, 0.717) is 36.5 Å². The van der Waals surface area contributed by atoms with Crippen LogP contribution in [0.1, 0.15) is 40.9 Å². The second kappa shape index (κ2) is 14.6. The van der Waals surface area contributed by atoms with Crippen LogP contribution in [0.2, 0.25) is 0 Å². The summed E-state index contributed by atoms with van der Waals surface area (Å²) in [5, 5.41) is 22.3. The molecule has 0 radical (unpaired) electrons. The van der Waals surface area contributed by atoms with Crippen LogP contribution in [0, 0.1) is 15.9 Å². The Kier molecular flexibility index (Phi) is 9.46. The molecule has 0 saturated heterocycles. The van der Waals surface area contributed by atoms with Gasteiger partial charge < -0.3 is 19.5 Å². The van der Waals surface area contributed by atoms with E-state index in [0.717, 1.165) is 22.2 Å². The molecule has 14 heteroatoms. The minimum atomic E-state index is -0.883. The van der Waals surface area contributed by atoms with Crippen molar-refractivity contribution in [3.05, 3.63) is 148 Å². The molecule has 1 N–H and O–H groups in total. The zero-order valence-electron chi connectivity index (χ0n) is 27.3. The highest BCUT2D eigenvalue weighted by atomic mass is 19.1. The number of para-hydroxylation sites is 2. The zero-order valence-corrected chi connectivity index (χ0v) is 27.3. The van der Waals surface area contributed by atoms with Crippen molar-refractivity contribution >= 4 is 28.5 Å². The number of aryl methyl sites for hydroxylation is 1. The quantitative estimate of drug-likeness (QED) is 0.134. The Morgan fingerprint density at radius 3 is 2.57 bits per heavy atom. The first-order valence-corrected chi connectivity index (χ1v) is 16.4. The summed E-state index contributed by atoms with van der Waals surface area (Å²) < 4.78 is 23.1. The second-order valence-electron chi connectivity index (χ2n) is 12.2. The lowest BCUT2D eigenvalue weighted by molar-refractivity contribution is -0.384. The molecule has 1 aliphatic rings. The number of aromatic nitrogens is 5. The third kappa shape index (κ3) is 7.44. The number of fused-ring (bicyclic) bond motifs is 2. The van der Waals surface area contributed by atoms with Crippen molar-refractivity contribution < 1.29 is 23.6 Å². The number of nitro benzene ring substituents is 1. The van der Waals surface area contributed by atoms with Gasteiger partial charge in [-0.15, -0.1) is 5.10 Å². The molecule has 258 valence electrons. The van der Waals surface area contributed by atoms with Crippen LogP contribution in [0.4, 0.5) is 10.1 Å². The van der Waals surface area contributed by atoms with Crippen LogP contribution < -0.4 is 10.1 Å². The molecule has 7 rings (SSSR count). The number of amides is 2. The molecule has 13 nitrogen and oxygen atoms in total. The Bertz CT molecular complexity index is 2180. The van der Waals surface area contributed by atoms with Gasteiger partial charge in [0.2, 0.25) is 11.8 Å². The standard InChI is InChI=1S/C37H33FN8O5/c38-27-11-9-26(10-12-27)33(22-43-24-39-32-7-3-4-8-34(32)43)40-37(48)36-31-6-2-1-5-25(31)17-20-45(36)35(47)18-19-44-21-28(41-42-44)23-51-30-15-13-29(14-16-30)46(49)50/h1-16,21,24,33,36H,17-20,22-23H2,(H,40,48). The topological polar surface area (TPSA) is 150 Å². The fourth-order valence-corrected chi connectivity index (χ4v) is 6.34. The molecule has 0 bridgehead atoms. The van der Waals surface area contributed by atoms with Gasteiger partial charge in [-0.2, -0.15) is 0 Å². The van der Waals surface area contributed by atoms with Crippen LogP contribution >= 0.6 is 0 Å². The van der Waals surface area contributed by atoms with E-state index in [4.69, 9.17) is 4.74 Å². The number of carbonyl (C=O) groups is 2. The molecular formula is C37H33FN8O5. The molecule has 3 heterocycles. The number of hydrogen-bond acceptors (Lipinski definition) is 8. The summed E-state index contributed by atoms with van der Waals surface area (Å²) in [6.45, 7) is 0.999. The molecular weight excluding hydrogens is 655 g/mol. The van der Waals surface area contributed by atoms with Crippen molar-refractivity contribution in [1.82, 2.24) is 34.8 Å². The summed E-state index contributed by atoms with van der Waals surface area (Å²) in [4.78, 5) is 44.7. The highest BCUT2D eigenvalue weighted by Gasteiger charge is 2.36. The maximum Gasteiger partial charge on any atom is 0.269 e. The van der Waals surface area contributed by atoms with Gasteiger partial charge in [-0.1, -0.05) is 53.7 Å². The number of halogens is 1. The van der Waals surface area contributed by atoms with E-state index in [9.17, 15) is 24.1 Å². The van der Waals surface area contributed by atoms with Crippen LogP contribution in [0.15, 0.2) is 110 Å². The molecule has 2 aromatic heterocycles. The van der Waals surface area contributed by atoms with Crippen molar-refractivity contribution in [3.8, 4) is 5.75 Å². The lowest BCUT2D eigenvalue weighted by Crippen LogP contribution is -2.48. The van der Waals surface area contributed by atoms with Gasteiger partial charge in [-0.05, 0) is 59.5 Å². The number of hydrogen-bond donors (Lipinski definition) is 1. The van der Waals surface area contributed by atoms with Gasteiger partial charge in [0, 0.05) is 31.6 Å². The molecule has 0 spiro atoms. The third-order valence-corrected chi connectivity index (χ3v) is 8.92. The summed E-state index contributed by atoms with van der Waals surface area (Å²) in [7, 11) is 0. The Morgan fingerprint density at radius 2 is 1.76 bits per heavy atom. The maximum atomic E-state index is 14.4. The van der Waals surface area contributed by atoms with Crippen molar-refractivity contribution in [3.63, 3.8) is 0 Å². The predicted octanol–water partition coefficient (Wildman–Crippen LogP) is 5.33. The van der Waals surface area contributed by atoms with Crippen molar-refractivity contribution in [2.75, 3.05) is 6.54 Å². The molecule has 2 atom stereocenters. The maximum absolute atomic E-state index is 14.4. The van der Waals surface area contributed by atoms with Crippen molar-refractivity contribution in [1.29, 1.82) is 0 Å². The van der Waals surface area contributed by atoms with E-state index < -0.39 is 17.0 Å². The first-order valence-electron chi connectivity index (χ1n) is 16.4. The van der Waals surface area contributed by atoms with Crippen LogP contribution in [0.25, 0.3) is 11.0 Å². The fraction of sp³-hybridized carbons (Fsp3) is 0.216. The average Bonchev–Trinajstić information content (AvgIpc) is 3.79. The first-order chi connectivity index (χ1) is 24.8. The fourth-order valence-electron chi connectivity index (χ4n) is 6.34. The van der Waals surface area contributed by atoms with Crippen molar-refractivity contribution in [2.45, 2.75) is 44.6 Å². The van der Waals surface area contributed by atoms with E-state index in [1.54, 1.807) is 34.2 Å². The first kappa shape index (κ1) is 33.1. The summed E-state index contributed by atoms with van der Waals surface area (Å²) >= 11 is 0. The number of non-ortho nitro benzene ring substituents is 1. The van der Waals surface area contributed by atoms with Crippen LogP contribution in [0.5, 0.6) is 5.75 Å².